The Kier molecular flexibility index (Phi) is 4.10. The smallest absolute Gasteiger partial charge is 0.317 e. The van der Waals surface area contributed by atoms with Crippen molar-refractivity contribution in [2.45, 2.75) is 25.3 Å². The molecule has 0 bridgehead atoms. The molecule has 5 nitrogen and oxygen atoms in total. The van der Waals surface area contributed by atoms with Crippen molar-refractivity contribution < 1.29 is 14.3 Å². The highest BCUT2D eigenvalue weighted by Crippen LogP contribution is 2.26. The van der Waals surface area contributed by atoms with Gasteiger partial charge in [-0.1, -0.05) is 18.2 Å². The monoisotopic (exact) mass is 288 g/mol. The van der Waals surface area contributed by atoms with Crippen LogP contribution in [0.1, 0.15) is 18.6 Å². The molecule has 21 heavy (non-hydrogen) atoms. The Balaban J connectivity index is 1.51. The fourth-order valence-corrected chi connectivity index (χ4v) is 2.50. The van der Waals surface area contributed by atoms with E-state index in [1.54, 1.807) is 4.90 Å². The summed E-state index contributed by atoms with van der Waals surface area (Å²) in [6, 6.07) is 10.1. The number of aliphatic hydroxyl groups is 1. The predicted molar refractivity (Wildman–Crippen MR) is 80.1 cm³/mol. The highest BCUT2D eigenvalue weighted by molar-refractivity contribution is 5.77. The first kappa shape index (κ1) is 13.9. The summed E-state index contributed by atoms with van der Waals surface area (Å²) in [4.78, 5) is 13.8. The molecular weight excluding hydrogens is 268 g/mol. The molecule has 0 atom stereocenters. The lowest BCUT2D eigenvalue weighted by atomic mass is 10.2. The van der Waals surface area contributed by atoms with Crippen LogP contribution in [0.5, 0.6) is 0 Å². The lowest BCUT2D eigenvalue weighted by molar-refractivity contribution is 0.174. The van der Waals surface area contributed by atoms with E-state index in [1.807, 2.05) is 30.3 Å². The Bertz CT molecular complexity index is 586. The van der Waals surface area contributed by atoms with E-state index in [9.17, 15) is 4.79 Å². The third kappa shape index (κ3) is 3.36. The van der Waals surface area contributed by atoms with E-state index in [1.165, 1.54) is 0 Å². The number of hydrogen-bond acceptors (Lipinski definition) is 3. The van der Waals surface area contributed by atoms with Gasteiger partial charge in [0.1, 0.15) is 11.3 Å². The molecule has 3 rings (SSSR count). The Morgan fingerprint density at radius 2 is 2.19 bits per heavy atom. The number of nitrogens with one attached hydrogen (secondary N) is 1. The SMILES string of the molecule is O=C(NCCc1cc2ccccc2o1)N(CCO)C1CC1. The number of benzene rings is 1. The topological polar surface area (TPSA) is 65.7 Å². The molecule has 2 amide bonds. The summed E-state index contributed by atoms with van der Waals surface area (Å²) >= 11 is 0. The first-order valence-electron chi connectivity index (χ1n) is 7.40. The minimum absolute atomic E-state index is 0.00743. The summed E-state index contributed by atoms with van der Waals surface area (Å²) in [5.41, 5.74) is 0.874. The van der Waals surface area contributed by atoms with Gasteiger partial charge in [-0.25, -0.2) is 4.79 Å². The quantitative estimate of drug-likeness (QED) is 0.856. The number of aliphatic hydroxyl groups excluding tert-OH is 1. The van der Waals surface area contributed by atoms with E-state index >= 15 is 0 Å². The number of amides is 2. The minimum Gasteiger partial charge on any atom is -0.461 e. The molecule has 0 unspecified atom stereocenters. The van der Waals surface area contributed by atoms with Crippen LogP contribution in [0.3, 0.4) is 0 Å². The zero-order valence-corrected chi connectivity index (χ0v) is 11.9. The Hall–Kier alpha value is -2.01. The molecule has 1 aliphatic carbocycles. The summed E-state index contributed by atoms with van der Waals surface area (Å²) < 4.78 is 5.71. The second kappa shape index (κ2) is 6.18. The maximum Gasteiger partial charge on any atom is 0.317 e. The van der Waals surface area contributed by atoms with Gasteiger partial charge in [0.2, 0.25) is 0 Å². The fraction of sp³-hybridized carbons (Fsp3) is 0.438. The van der Waals surface area contributed by atoms with Gasteiger partial charge in [0, 0.05) is 30.9 Å². The van der Waals surface area contributed by atoms with Crippen LogP contribution < -0.4 is 5.32 Å². The number of carbonyl (C=O) groups is 1. The second-order valence-electron chi connectivity index (χ2n) is 5.38. The highest BCUT2D eigenvalue weighted by atomic mass is 16.3. The van der Waals surface area contributed by atoms with Gasteiger partial charge in [-0.05, 0) is 25.0 Å². The van der Waals surface area contributed by atoms with Gasteiger partial charge in [0.15, 0.2) is 0 Å². The zero-order chi connectivity index (χ0) is 14.7. The molecule has 1 saturated carbocycles. The maximum atomic E-state index is 12.1. The number of nitrogens with zero attached hydrogens (tertiary/aromatic N) is 1. The molecule has 1 aliphatic rings. The summed E-state index contributed by atoms with van der Waals surface area (Å²) in [6.45, 7) is 0.946. The number of furan rings is 1. The molecule has 112 valence electrons. The molecule has 0 radical (unpaired) electrons. The first-order chi connectivity index (χ1) is 10.3. The number of rotatable bonds is 6. The largest absolute Gasteiger partial charge is 0.461 e. The average Bonchev–Trinajstić information content (AvgIpc) is 3.23. The van der Waals surface area contributed by atoms with Crippen molar-refractivity contribution in [2.75, 3.05) is 19.7 Å². The van der Waals surface area contributed by atoms with Crippen LogP contribution in [-0.2, 0) is 6.42 Å². The third-order valence-electron chi connectivity index (χ3n) is 3.71. The highest BCUT2D eigenvalue weighted by Gasteiger charge is 2.31. The van der Waals surface area contributed by atoms with Gasteiger partial charge in [0.05, 0.1) is 6.61 Å². The van der Waals surface area contributed by atoms with Crippen LogP contribution in [0, 0.1) is 0 Å². The zero-order valence-electron chi connectivity index (χ0n) is 11.9. The molecule has 1 aromatic carbocycles. The molecule has 2 aromatic rings. The first-order valence-corrected chi connectivity index (χ1v) is 7.40. The van der Waals surface area contributed by atoms with Gasteiger partial charge in [-0.2, -0.15) is 0 Å². The van der Waals surface area contributed by atoms with E-state index in [2.05, 4.69) is 5.32 Å². The summed E-state index contributed by atoms with van der Waals surface area (Å²) in [5.74, 6) is 0.872. The Morgan fingerprint density at radius 3 is 2.90 bits per heavy atom. The molecule has 1 heterocycles. The van der Waals surface area contributed by atoms with Gasteiger partial charge in [-0.3, -0.25) is 0 Å². The molecule has 0 aliphatic heterocycles. The number of carbonyl (C=O) groups excluding carboxylic acids is 1. The molecular formula is C16H20N2O3. The molecule has 1 fully saturated rings. The van der Waals surface area contributed by atoms with E-state index in [-0.39, 0.29) is 12.6 Å². The van der Waals surface area contributed by atoms with Crippen molar-refractivity contribution in [3.63, 3.8) is 0 Å². The van der Waals surface area contributed by atoms with E-state index < -0.39 is 0 Å². The van der Waals surface area contributed by atoms with Gasteiger partial charge < -0.3 is 19.7 Å². The van der Waals surface area contributed by atoms with Crippen LogP contribution in [-0.4, -0.2) is 41.8 Å². The number of fused-ring (bicyclic) bond motifs is 1. The van der Waals surface area contributed by atoms with Gasteiger partial charge >= 0.3 is 6.03 Å². The normalized spacial score (nSPS) is 14.3. The molecule has 2 N–H and O–H groups in total. The van der Waals surface area contributed by atoms with Crippen molar-refractivity contribution in [3.05, 3.63) is 36.1 Å². The number of hydrogen-bond donors (Lipinski definition) is 2. The average molecular weight is 288 g/mol. The summed E-state index contributed by atoms with van der Waals surface area (Å²) in [7, 11) is 0. The predicted octanol–water partition coefficient (Wildman–Crippen LogP) is 2.14. The molecule has 0 spiro atoms. The van der Waals surface area contributed by atoms with Crippen LogP contribution >= 0.6 is 0 Å². The lowest BCUT2D eigenvalue weighted by Gasteiger charge is -2.21. The molecule has 0 saturated heterocycles. The molecule has 5 heteroatoms. The maximum absolute atomic E-state index is 12.1. The van der Waals surface area contributed by atoms with Crippen LogP contribution in [0.15, 0.2) is 34.7 Å². The fourth-order valence-electron chi connectivity index (χ4n) is 2.50. The summed E-state index contributed by atoms with van der Waals surface area (Å²) in [5, 5.41) is 13.0. The third-order valence-corrected chi connectivity index (χ3v) is 3.71. The number of para-hydroxylation sites is 1. The van der Waals surface area contributed by atoms with Crippen molar-refractivity contribution in [3.8, 4) is 0 Å². The van der Waals surface area contributed by atoms with E-state index in [4.69, 9.17) is 9.52 Å². The summed E-state index contributed by atoms with van der Waals surface area (Å²) in [6.07, 6.45) is 2.74. The lowest BCUT2D eigenvalue weighted by Crippen LogP contribution is -2.43. The van der Waals surface area contributed by atoms with Gasteiger partial charge in [-0.15, -0.1) is 0 Å². The van der Waals surface area contributed by atoms with Crippen LogP contribution in [0.2, 0.25) is 0 Å². The minimum atomic E-state index is -0.0948. The van der Waals surface area contributed by atoms with Crippen molar-refractivity contribution >= 4 is 17.0 Å². The molecule has 1 aromatic heterocycles. The Morgan fingerprint density at radius 1 is 1.38 bits per heavy atom. The van der Waals surface area contributed by atoms with Crippen LogP contribution in [0.4, 0.5) is 4.79 Å². The van der Waals surface area contributed by atoms with E-state index in [0.29, 0.717) is 25.6 Å². The second-order valence-corrected chi connectivity index (χ2v) is 5.38. The van der Waals surface area contributed by atoms with Crippen molar-refractivity contribution in [1.29, 1.82) is 0 Å². The standard InChI is InChI=1S/C16H20N2O3/c19-10-9-18(13-5-6-13)16(20)17-8-7-14-11-12-3-1-2-4-15(12)21-14/h1-4,11,13,19H,5-10H2,(H,17,20). The number of urea groups is 1. The van der Waals surface area contributed by atoms with Crippen molar-refractivity contribution in [1.82, 2.24) is 10.2 Å². The Labute approximate surface area is 123 Å². The van der Waals surface area contributed by atoms with Crippen molar-refractivity contribution in [2.24, 2.45) is 0 Å². The van der Waals surface area contributed by atoms with Crippen LogP contribution in [0.25, 0.3) is 11.0 Å². The van der Waals surface area contributed by atoms with E-state index in [0.717, 1.165) is 29.6 Å². The van der Waals surface area contributed by atoms with Gasteiger partial charge in [0.25, 0.3) is 0 Å².